The predicted molar refractivity (Wildman–Crippen MR) is 84.5 cm³/mol. The summed E-state index contributed by atoms with van der Waals surface area (Å²) in [5.41, 5.74) is 0.831. The summed E-state index contributed by atoms with van der Waals surface area (Å²) < 4.78 is 2.08. The fraction of sp³-hybridized carbons (Fsp3) is 0.706. The molecule has 4 heteroatoms. The third-order valence-electron chi connectivity index (χ3n) is 5.04. The standard InChI is InChI=1S/C17H27N3O/c1-4-19(15-10-13-7-8-14(11-15)18-13)17(21)16-6-5-9-20(16)12(2)3/h5-6,9,12-15,18H,4,7-8,10-11H2,1-3H3. The van der Waals surface area contributed by atoms with Gasteiger partial charge in [-0.05, 0) is 58.6 Å². The number of nitrogens with one attached hydrogen (secondary N) is 1. The number of hydrogen-bond acceptors (Lipinski definition) is 2. The lowest BCUT2D eigenvalue weighted by Crippen LogP contribution is -2.50. The summed E-state index contributed by atoms with van der Waals surface area (Å²) in [5.74, 6) is 0.197. The maximum atomic E-state index is 13.0. The van der Waals surface area contributed by atoms with Crippen molar-refractivity contribution in [2.45, 2.75) is 70.6 Å². The van der Waals surface area contributed by atoms with Crippen molar-refractivity contribution in [3.8, 4) is 0 Å². The van der Waals surface area contributed by atoms with Gasteiger partial charge in [0.25, 0.3) is 5.91 Å². The van der Waals surface area contributed by atoms with Gasteiger partial charge < -0.3 is 14.8 Å². The molecule has 2 unspecified atom stereocenters. The average Bonchev–Trinajstić information content (AvgIpc) is 3.06. The second-order valence-electron chi connectivity index (χ2n) is 6.75. The van der Waals surface area contributed by atoms with Crippen molar-refractivity contribution in [3.05, 3.63) is 24.0 Å². The summed E-state index contributed by atoms with van der Waals surface area (Å²) in [7, 11) is 0. The number of fused-ring (bicyclic) bond motifs is 2. The van der Waals surface area contributed by atoms with E-state index in [0.717, 1.165) is 25.1 Å². The van der Waals surface area contributed by atoms with Crippen LogP contribution in [-0.2, 0) is 0 Å². The highest BCUT2D eigenvalue weighted by atomic mass is 16.2. The Morgan fingerprint density at radius 2 is 2.05 bits per heavy atom. The normalized spacial score (nSPS) is 28.1. The van der Waals surface area contributed by atoms with E-state index in [1.165, 1.54) is 12.8 Å². The molecule has 1 aromatic heterocycles. The maximum absolute atomic E-state index is 13.0. The van der Waals surface area contributed by atoms with Crippen molar-refractivity contribution < 1.29 is 4.79 Å². The first-order valence-electron chi connectivity index (χ1n) is 8.34. The van der Waals surface area contributed by atoms with E-state index in [2.05, 4.69) is 35.6 Å². The third-order valence-corrected chi connectivity index (χ3v) is 5.04. The Balaban J connectivity index is 1.79. The minimum absolute atomic E-state index is 0.197. The summed E-state index contributed by atoms with van der Waals surface area (Å²) in [6.07, 6.45) is 6.78. The molecule has 2 aliphatic rings. The van der Waals surface area contributed by atoms with Crippen LogP contribution < -0.4 is 5.32 Å². The lowest BCUT2D eigenvalue weighted by Gasteiger charge is -2.37. The van der Waals surface area contributed by atoms with Gasteiger partial charge in [0, 0.05) is 36.9 Å². The smallest absolute Gasteiger partial charge is 0.270 e. The van der Waals surface area contributed by atoms with Crippen LogP contribution in [-0.4, -0.2) is 40.0 Å². The second-order valence-corrected chi connectivity index (χ2v) is 6.75. The van der Waals surface area contributed by atoms with E-state index in [4.69, 9.17) is 0 Å². The second kappa shape index (κ2) is 5.84. The zero-order chi connectivity index (χ0) is 15.0. The molecule has 0 saturated carbocycles. The Morgan fingerprint density at radius 1 is 1.38 bits per heavy atom. The molecule has 3 heterocycles. The van der Waals surface area contributed by atoms with Crippen LogP contribution in [0, 0.1) is 0 Å². The van der Waals surface area contributed by atoms with Gasteiger partial charge in [0.1, 0.15) is 5.69 Å². The number of aromatic nitrogens is 1. The van der Waals surface area contributed by atoms with E-state index >= 15 is 0 Å². The summed E-state index contributed by atoms with van der Waals surface area (Å²) in [4.78, 5) is 15.1. The number of piperidine rings is 1. The molecule has 2 aliphatic heterocycles. The Labute approximate surface area is 127 Å². The van der Waals surface area contributed by atoms with Gasteiger partial charge in [-0.15, -0.1) is 0 Å². The molecule has 2 atom stereocenters. The fourth-order valence-corrected chi connectivity index (χ4v) is 4.02. The van der Waals surface area contributed by atoms with Gasteiger partial charge in [-0.2, -0.15) is 0 Å². The average molecular weight is 289 g/mol. The van der Waals surface area contributed by atoms with E-state index in [-0.39, 0.29) is 5.91 Å². The summed E-state index contributed by atoms with van der Waals surface area (Å²) in [6.45, 7) is 7.15. The molecular formula is C17H27N3O. The van der Waals surface area contributed by atoms with E-state index in [0.29, 0.717) is 24.2 Å². The van der Waals surface area contributed by atoms with Crippen LogP contribution in [0.15, 0.2) is 18.3 Å². The Kier molecular flexibility index (Phi) is 4.07. The maximum Gasteiger partial charge on any atom is 0.270 e. The molecule has 2 bridgehead atoms. The highest BCUT2D eigenvalue weighted by Gasteiger charge is 2.37. The van der Waals surface area contributed by atoms with Crippen LogP contribution in [0.3, 0.4) is 0 Å². The quantitative estimate of drug-likeness (QED) is 0.925. The SMILES string of the molecule is CCN(C(=O)c1cccn1C(C)C)C1CC2CCC(C1)N2. The van der Waals surface area contributed by atoms with Crippen LogP contribution in [0.1, 0.15) is 63.0 Å². The molecule has 1 amide bonds. The lowest BCUT2D eigenvalue weighted by atomic mass is 9.98. The Bertz CT molecular complexity index is 496. The molecule has 0 aromatic carbocycles. The number of rotatable bonds is 4. The van der Waals surface area contributed by atoms with Gasteiger partial charge >= 0.3 is 0 Å². The van der Waals surface area contributed by atoms with Crippen LogP contribution in [0.25, 0.3) is 0 Å². The van der Waals surface area contributed by atoms with Crippen molar-refractivity contribution in [2.24, 2.45) is 0 Å². The first-order chi connectivity index (χ1) is 10.1. The molecule has 0 spiro atoms. The molecule has 2 saturated heterocycles. The van der Waals surface area contributed by atoms with E-state index in [9.17, 15) is 4.79 Å². The van der Waals surface area contributed by atoms with Crippen molar-refractivity contribution >= 4 is 5.91 Å². The molecule has 2 fully saturated rings. The van der Waals surface area contributed by atoms with Gasteiger partial charge in [0.05, 0.1) is 0 Å². The Morgan fingerprint density at radius 3 is 2.62 bits per heavy atom. The van der Waals surface area contributed by atoms with Gasteiger partial charge in [0.15, 0.2) is 0 Å². The molecule has 3 rings (SSSR count). The fourth-order valence-electron chi connectivity index (χ4n) is 4.02. The highest BCUT2D eigenvalue weighted by molar-refractivity contribution is 5.93. The summed E-state index contributed by atoms with van der Waals surface area (Å²) >= 11 is 0. The number of hydrogen-bond donors (Lipinski definition) is 1. The zero-order valence-electron chi connectivity index (χ0n) is 13.4. The van der Waals surface area contributed by atoms with E-state index in [1.807, 2.05) is 18.3 Å². The van der Waals surface area contributed by atoms with E-state index < -0.39 is 0 Å². The van der Waals surface area contributed by atoms with Crippen molar-refractivity contribution in [2.75, 3.05) is 6.54 Å². The molecule has 4 nitrogen and oxygen atoms in total. The highest BCUT2D eigenvalue weighted by Crippen LogP contribution is 2.30. The largest absolute Gasteiger partial charge is 0.341 e. The topological polar surface area (TPSA) is 37.3 Å². The molecular weight excluding hydrogens is 262 g/mol. The monoisotopic (exact) mass is 289 g/mol. The van der Waals surface area contributed by atoms with E-state index in [1.54, 1.807) is 0 Å². The first kappa shape index (κ1) is 14.6. The van der Waals surface area contributed by atoms with Crippen LogP contribution in [0.5, 0.6) is 0 Å². The number of nitrogens with zero attached hydrogens (tertiary/aromatic N) is 2. The van der Waals surface area contributed by atoms with Crippen molar-refractivity contribution in [1.29, 1.82) is 0 Å². The van der Waals surface area contributed by atoms with Gasteiger partial charge in [0.2, 0.25) is 0 Å². The van der Waals surface area contributed by atoms with Gasteiger partial charge in [-0.1, -0.05) is 0 Å². The predicted octanol–water partition coefficient (Wildman–Crippen LogP) is 2.81. The third kappa shape index (κ3) is 2.73. The van der Waals surface area contributed by atoms with Gasteiger partial charge in [-0.25, -0.2) is 0 Å². The van der Waals surface area contributed by atoms with Crippen LogP contribution in [0.4, 0.5) is 0 Å². The summed E-state index contributed by atoms with van der Waals surface area (Å²) in [6, 6.07) is 5.90. The lowest BCUT2D eigenvalue weighted by molar-refractivity contribution is 0.0618. The zero-order valence-corrected chi connectivity index (χ0v) is 13.4. The molecule has 1 N–H and O–H groups in total. The van der Waals surface area contributed by atoms with Crippen LogP contribution in [0.2, 0.25) is 0 Å². The van der Waals surface area contributed by atoms with Gasteiger partial charge in [-0.3, -0.25) is 4.79 Å². The minimum Gasteiger partial charge on any atom is -0.341 e. The van der Waals surface area contributed by atoms with Crippen molar-refractivity contribution in [1.82, 2.24) is 14.8 Å². The first-order valence-corrected chi connectivity index (χ1v) is 8.34. The number of carbonyl (C=O) groups excluding carboxylic acids is 1. The Hall–Kier alpha value is -1.29. The number of amides is 1. The minimum atomic E-state index is 0.197. The van der Waals surface area contributed by atoms with Crippen molar-refractivity contribution in [3.63, 3.8) is 0 Å². The van der Waals surface area contributed by atoms with Crippen LogP contribution >= 0.6 is 0 Å². The molecule has 0 radical (unpaired) electrons. The number of carbonyl (C=O) groups is 1. The molecule has 21 heavy (non-hydrogen) atoms. The molecule has 116 valence electrons. The molecule has 1 aromatic rings. The summed E-state index contributed by atoms with van der Waals surface area (Å²) in [5, 5.41) is 3.66. The molecule has 0 aliphatic carbocycles.